The largest absolute Gasteiger partial charge is 0.441 e. The number of alkyl carbamates (subject to hydrolysis) is 1. The first kappa shape index (κ1) is 9.81. The van der Waals surface area contributed by atoms with Crippen molar-refractivity contribution in [2.24, 2.45) is 11.3 Å². The Bertz CT molecular complexity index is 262. The molecule has 2 fully saturated rings. The normalized spacial score (nSPS) is 40.8. The van der Waals surface area contributed by atoms with Gasteiger partial charge in [-0.1, -0.05) is 20.8 Å². The van der Waals surface area contributed by atoms with Gasteiger partial charge in [-0.05, 0) is 30.6 Å². The first-order valence-electron chi connectivity index (χ1n) is 5.38. The summed E-state index contributed by atoms with van der Waals surface area (Å²) >= 11 is 0. The predicted molar refractivity (Wildman–Crippen MR) is 54.0 cm³/mol. The topological polar surface area (TPSA) is 38.3 Å². The van der Waals surface area contributed by atoms with Gasteiger partial charge in [0.2, 0.25) is 0 Å². The lowest BCUT2D eigenvalue weighted by molar-refractivity contribution is -0.0349. The highest BCUT2D eigenvalue weighted by Gasteiger charge is 2.48. The number of carbonyl (C=O) groups excluding carboxylic acids is 1. The van der Waals surface area contributed by atoms with Gasteiger partial charge < -0.3 is 10.1 Å². The van der Waals surface area contributed by atoms with Crippen LogP contribution >= 0.6 is 0 Å². The van der Waals surface area contributed by atoms with Crippen LogP contribution in [-0.4, -0.2) is 18.2 Å². The Morgan fingerprint density at radius 3 is 2.64 bits per heavy atom. The Morgan fingerprint density at radius 2 is 2.14 bits per heavy atom. The van der Waals surface area contributed by atoms with Crippen LogP contribution in [0.5, 0.6) is 0 Å². The maximum atomic E-state index is 11.1. The van der Waals surface area contributed by atoms with Crippen LogP contribution in [0, 0.1) is 11.3 Å². The standard InChI is InChI=1S/C11H19NO2/c1-8-4-10(2,3)6-11(5-8)7-12-9(13)14-11/h8H,4-7H2,1-3H3,(H,12,13). The average Bonchev–Trinajstić information content (AvgIpc) is 2.26. The molecule has 0 bridgehead atoms. The van der Waals surface area contributed by atoms with E-state index in [2.05, 4.69) is 26.1 Å². The van der Waals surface area contributed by atoms with Crippen molar-refractivity contribution in [2.75, 3.05) is 6.54 Å². The van der Waals surface area contributed by atoms with E-state index in [0.717, 1.165) is 12.8 Å². The Morgan fingerprint density at radius 1 is 1.43 bits per heavy atom. The molecule has 1 saturated heterocycles. The van der Waals surface area contributed by atoms with Crippen molar-refractivity contribution < 1.29 is 9.53 Å². The fraction of sp³-hybridized carbons (Fsp3) is 0.909. The third kappa shape index (κ3) is 1.72. The molecule has 2 unspecified atom stereocenters. The smallest absolute Gasteiger partial charge is 0.407 e. The lowest BCUT2D eigenvalue weighted by atomic mass is 9.66. The van der Waals surface area contributed by atoms with Gasteiger partial charge in [0.1, 0.15) is 5.60 Å². The van der Waals surface area contributed by atoms with E-state index in [9.17, 15) is 4.79 Å². The third-order valence-corrected chi connectivity index (χ3v) is 3.29. The summed E-state index contributed by atoms with van der Waals surface area (Å²) in [5, 5.41) is 2.78. The van der Waals surface area contributed by atoms with Gasteiger partial charge >= 0.3 is 6.09 Å². The molecular formula is C11H19NO2. The van der Waals surface area contributed by atoms with Crippen LogP contribution < -0.4 is 5.32 Å². The van der Waals surface area contributed by atoms with Gasteiger partial charge in [-0.3, -0.25) is 0 Å². The van der Waals surface area contributed by atoms with Crippen LogP contribution in [-0.2, 0) is 4.74 Å². The summed E-state index contributed by atoms with van der Waals surface area (Å²) in [4.78, 5) is 11.1. The van der Waals surface area contributed by atoms with E-state index < -0.39 is 0 Å². The average molecular weight is 197 g/mol. The highest BCUT2D eigenvalue weighted by Crippen LogP contribution is 2.46. The summed E-state index contributed by atoms with van der Waals surface area (Å²) in [6.07, 6.45) is 2.99. The molecule has 80 valence electrons. The molecule has 0 aromatic carbocycles. The molecule has 1 spiro atoms. The van der Waals surface area contributed by atoms with Gasteiger partial charge in [0, 0.05) is 0 Å². The second-order valence-corrected chi connectivity index (χ2v) is 5.78. The molecule has 0 aromatic rings. The fourth-order valence-corrected chi connectivity index (χ4v) is 3.38. The number of carbonyl (C=O) groups is 1. The van der Waals surface area contributed by atoms with Crippen molar-refractivity contribution in [3.8, 4) is 0 Å². The second kappa shape index (κ2) is 2.88. The molecule has 1 N–H and O–H groups in total. The molecule has 3 heteroatoms. The van der Waals surface area contributed by atoms with Crippen LogP contribution in [0.2, 0.25) is 0 Å². The minimum atomic E-state index is -0.241. The summed E-state index contributed by atoms with van der Waals surface area (Å²) in [5.41, 5.74) is 0.0855. The summed E-state index contributed by atoms with van der Waals surface area (Å²) < 4.78 is 5.45. The molecule has 14 heavy (non-hydrogen) atoms. The number of hydrogen-bond acceptors (Lipinski definition) is 2. The van der Waals surface area contributed by atoms with Crippen molar-refractivity contribution in [1.29, 1.82) is 0 Å². The molecular weight excluding hydrogens is 178 g/mol. The zero-order valence-corrected chi connectivity index (χ0v) is 9.22. The lowest BCUT2D eigenvalue weighted by Gasteiger charge is -2.43. The Kier molecular flexibility index (Phi) is 2.02. The van der Waals surface area contributed by atoms with Crippen molar-refractivity contribution in [3.05, 3.63) is 0 Å². The molecule has 2 atom stereocenters. The van der Waals surface area contributed by atoms with Crippen LogP contribution in [0.1, 0.15) is 40.0 Å². The monoisotopic (exact) mass is 197 g/mol. The number of amides is 1. The Hall–Kier alpha value is -0.730. The second-order valence-electron chi connectivity index (χ2n) is 5.78. The maximum absolute atomic E-state index is 11.1. The predicted octanol–water partition coefficient (Wildman–Crippen LogP) is 2.31. The van der Waals surface area contributed by atoms with Crippen molar-refractivity contribution in [1.82, 2.24) is 5.32 Å². The zero-order chi connectivity index (χ0) is 10.4. The van der Waals surface area contributed by atoms with E-state index in [1.807, 2.05) is 0 Å². The number of rotatable bonds is 0. The first-order valence-corrected chi connectivity index (χ1v) is 5.38. The maximum Gasteiger partial charge on any atom is 0.407 e. The molecule has 1 amide bonds. The van der Waals surface area contributed by atoms with E-state index >= 15 is 0 Å². The molecule has 1 saturated carbocycles. The summed E-state index contributed by atoms with van der Waals surface area (Å²) in [6.45, 7) is 7.46. The molecule has 2 aliphatic rings. The number of hydrogen-bond donors (Lipinski definition) is 1. The third-order valence-electron chi connectivity index (χ3n) is 3.29. The van der Waals surface area contributed by atoms with Crippen molar-refractivity contribution in [2.45, 2.75) is 45.6 Å². The van der Waals surface area contributed by atoms with E-state index in [-0.39, 0.29) is 11.7 Å². The molecule has 2 rings (SSSR count). The number of nitrogens with one attached hydrogen (secondary N) is 1. The Balaban J connectivity index is 2.16. The Labute approximate surface area is 85.2 Å². The van der Waals surface area contributed by atoms with Crippen molar-refractivity contribution >= 4 is 6.09 Å². The van der Waals surface area contributed by atoms with Crippen molar-refractivity contribution in [3.63, 3.8) is 0 Å². The van der Waals surface area contributed by atoms with E-state index in [1.165, 1.54) is 6.42 Å². The summed E-state index contributed by atoms with van der Waals surface area (Å²) in [6, 6.07) is 0. The molecule has 1 aliphatic heterocycles. The van der Waals surface area contributed by atoms with Gasteiger partial charge in [-0.15, -0.1) is 0 Å². The van der Waals surface area contributed by atoms with E-state index in [4.69, 9.17) is 4.74 Å². The van der Waals surface area contributed by atoms with E-state index in [1.54, 1.807) is 0 Å². The lowest BCUT2D eigenvalue weighted by Crippen LogP contribution is -2.44. The van der Waals surface area contributed by atoms with Crippen LogP contribution in [0.4, 0.5) is 4.79 Å². The van der Waals surface area contributed by atoms with Crippen LogP contribution in [0.15, 0.2) is 0 Å². The van der Waals surface area contributed by atoms with Gasteiger partial charge in [0.25, 0.3) is 0 Å². The van der Waals surface area contributed by atoms with E-state index in [0.29, 0.717) is 17.9 Å². The van der Waals surface area contributed by atoms with Gasteiger partial charge in [0.05, 0.1) is 6.54 Å². The highest BCUT2D eigenvalue weighted by atomic mass is 16.6. The van der Waals surface area contributed by atoms with Crippen LogP contribution in [0.25, 0.3) is 0 Å². The summed E-state index contributed by atoms with van der Waals surface area (Å²) in [5.74, 6) is 0.645. The minimum absolute atomic E-state index is 0.210. The number of ether oxygens (including phenoxy) is 1. The minimum Gasteiger partial charge on any atom is -0.441 e. The zero-order valence-electron chi connectivity index (χ0n) is 9.22. The van der Waals surface area contributed by atoms with Gasteiger partial charge in [0.15, 0.2) is 0 Å². The van der Waals surface area contributed by atoms with Crippen LogP contribution in [0.3, 0.4) is 0 Å². The SMILES string of the molecule is CC1CC(C)(C)CC2(CNC(=O)O2)C1. The van der Waals surface area contributed by atoms with Gasteiger partial charge in [-0.2, -0.15) is 0 Å². The first-order chi connectivity index (χ1) is 6.41. The molecule has 1 aliphatic carbocycles. The molecule has 0 aromatic heterocycles. The molecule has 1 heterocycles. The van der Waals surface area contributed by atoms with Gasteiger partial charge in [-0.25, -0.2) is 4.79 Å². The molecule has 0 radical (unpaired) electrons. The molecule has 3 nitrogen and oxygen atoms in total. The fourth-order valence-electron chi connectivity index (χ4n) is 3.38. The highest BCUT2D eigenvalue weighted by molar-refractivity contribution is 5.70. The quantitative estimate of drug-likeness (QED) is 0.647. The summed E-state index contributed by atoms with van der Waals surface area (Å²) in [7, 11) is 0.